The highest BCUT2D eigenvalue weighted by Gasteiger charge is 2.23. The fraction of sp³-hybridized carbons (Fsp3) is 0.556. The first-order chi connectivity index (χ1) is 12.0. The lowest BCUT2D eigenvalue weighted by molar-refractivity contribution is -0.123. The van der Waals surface area contributed by atoms with Crippen molar-refractivity contribution in [1.29, 1.82) is 0 Å². The maximum Gasteiger partial charge on any atom is 0.243 e. The molecule has 25 heavy (non-hydrogen) atoms. The molecule has 0 aliphatic heterocycles. The third-order valence-electron chi connectivity index (χ3n) is 4.84. The number of nitrogens with zero attached hydrogens (tertiary/aromatic N) is 5. The molecular weight excluding hydrogens is 316 g/mol. The maximum atomic E-state index is 12.2. The Kier molecular flexibility index (Phi) is 5.31. The molecular formula is C18H26N6O. The first-order valence-corrected chi connectivity index (χ1v) is 8.88. The molecule has 1 heterocycles. The van der Waals surface area contributed by atoms with Gasteiger partial charge in [-0.05, 0) is 48.2 Å². The number of aromatic nitrogens is 4. The Hall–Kier alpha value is -2.44. The SMILES string of the molecule is CC1CCCCC1NC(=O)Cn1nnc(-c2ccc(N(C)C)cc2)n1. The maximum absolute atomic E-state index is 12.2. The zero-order valence-electron chi connectivity index (χ0n) is 15.1. The number of nitrogens with one attached hydrogen (secondary N) is 1. The number of benzene rings is 1. The van der Waals surface area contributed by atoms with Gasteiger partial charge in [0.25, 0.3) is 0 Å². The summed E-state index contributed by atoms with van der Waals surface area (Å²) in [6.07, 6.45) is 4.68. The van der Waals surface area contributed by atoms with E-state index in [1.165, 1.54) is 24.1 Å². The van der Waals surface area contributed by atoms with E-state index >= 15 is 0 Å². The van der Waals surface area contributed by atoms with E-state index in [9.17, 15) is 4.79 Å². The van der Waals surface area contributed by atoms with Gasteiger partial charge in [0.1, 0.15) is 6.54 Å². The van der Waals surface area contributed by atoms with Crippen molar-refractivity contribution in [2.75, 3.05) is 19.0 Å². The highest BCUT2D eigenvalue weighted by atomic mass is 16.2. The average molecular weight is 342 g/mol. The molecule has 0 spiro atoms. The lowest BCUT2D eigenvalue weighted by atomic mass is 9.86. The molecule has 1 aromatic heterocycles. The second kappa shape index (κ2) is 7.63. The van der Waals surface area contributed by atoms with Crippen LogP contribution in [0.5, 0.6) is 0 Å². The standard InChI is InChI=1S/C18H26N6O/c1-13-6-4-5-7-16(13)19-17(25)12-24-21-18(20-22-24)14-8-10-15(11-9-14)23(2)3/h8-11,13,16H,4-7,12H2,1-3H3,(H,19,25). The average Bonchev–Trinajstić information content (AvgIpc) is 3.05. The summed E-state index contributed by atoms with van der Waals surface area (Å²) in [4.78, 5) is 15.6. The van der Waals surface area contributed by atoms with E-state index < -0.39 is 0 Å². The van der Waals surface area contributed by atoms with Crippen LogP contribution in [-0.4, -0.2) is 46.3 Å². The number of tetrazole rings is 1. The van der Waals surface area contributed by atoms with Crippen LogP contribution in [0.1, 0.15) is 32.6 Å². The van der Waals surface area contributed by atoms with E-state index in [-0.39, 0.29) is 18.5 Å². The molecule has 1 amide bonds. The molecule has 7 nitrogen and oxygen atoms in total. The normalized spacial score (nSPS) is 20.3. The molecule has 0 radical (unpaired) electrons. The zero-order chi connectivity index (χ0) is 17.8. The van der Waals surface area contributed by atoms with Crippen LogP contribution in [0.2, 0.25) is 0 Å². The van der Waals surface area contributed by atoms with Crippen molar-refractivity contribution in [1.82, 2.24) is 25.5 Å². The van der Waals surface area contributed by atoms with Crippen molar-refractivity contribution in [3.63, 3.8) is 0 Å². The molecule has 1 fully saturated rings. The van der Waals surface area contributed by atoms with Crippen LogP contribution in [0, 0.1) is 5.92 Å². The van der Waals surface area contributed by atoms with E-state index in [0.29, 0.717) is 11.7 Å². The number of hydrogen-bond acceptors (Lipinski definition) is 5. The summed E-state index contributed by atoms with van der Waals surface area (Å²) in [5.41, 5.74) is 2.00. The van der Waals surface area contributed by atoms with Crippen LogP contribution >= 0.6 is 0 Å². The molecule has 2 atom stereocenters. The summed E-state index contributed by atoms with van der Waals surface area (Å²) >= 11 is 0. The topological polar surface area (TPSA) is 75.9 Å². The molecule has 3 rings (SSSR count). The summed E-state index contributed by atoms with van der Waals surface area (Å²) in [5, 5.41) is 15.5. The van der Waals surface area contributed by atoms with Crippen molar-refractivity contribution < 1.29 is 4.79 Å². The smallest absolute Gasteiger partial charge is 0.243 e. The van der Waals surface area contributed by atoms with Crippen LogP contribution in [0.3, 0.4) is 0 Å². The van der Waals surface area contributed by atoms with Gasteiger partial charge in [0.2, 0.25) is 11.7 Å². The van der Waals surface area contributed by atoms with Crippen molar-refractivity contribution in [2.24, 2.45) is 5.92 Å². The van der Waals surface area contributed by atoms with E-state index in [0.717, 1.165) is 17.7 Å². The Labute approximate surface area is 148 Å². The quantitative estimate of drug-likeness (QED) is 0.900. The van der Waals surface area contributed by atoms with Crippen molar-refractivity contribution >= 4 is 11.6 Å². The van der Waals surface area contributed by atoms with Gasteiger partial charge in [0, 0.05) is 31.4 Å². The third-order valence-corrected chi connectivity index (χ3v) is 4.84. The lowest BCUT2D eigenvalue weighted by Gasteiger charge is -2.29. The van der Waals surface area contributed by atoms with Crippen LogP contribution in [0.15, 0.2) is 24.3 Å². The Bertz CT molecular complexity index is 709. The molecule has 1 aromatic carbocycles. The monoisotopic (exact) mass is 342 g/mol. The number of anilines is 1. The predicted molar refractivity (Wildman–Crippen MR) is 97.1 cm³/mol. The Balaban J connectivity index is 1.60. The second-order valence-electron chi connectivity index (χ2n) is 7.02. The Morgan fingerprint density at radius 2 is 1.96 bits per heavy atom. The van der Waals surface area contributed by atoms with Crippen LogP contribution < -0.4 is 10.2 Å². The van der Waals surface area contributed by atoms with Crippen molar-refractivity contribution in [2.45, 2.75) is 45.2 Å². The highest BCUT2D eigenvalue weighted by molar-refractivity contribution is 5.75. The summed E-state index contributed by atoms with van der Waals surface area (Å²) in [7, 11) is 3.99. The van der Waals surface area contributed by atoms with Gasteiger partial charge in [-0.25, -0.2) is 0 Å². The molecule has 2 unspecified atom stereocenters. The van der Waals surface area contributed by atoms with Crippen molar-refractivity contribution in [3.8, 4) is 11.4 Å². The number of carbonyl (C=O) groups is 1. The van der Waals surface area contributed by atoms with Gasteiger partial charge < -0.3 is 10.2 Å². The lowest BCUT2D eigenvalue weighted by Crippen LogP contribution is -2.42. The minimum atomic E-state index is -0.0503. The molecule has 7 heteroatoms. The fourth-order valence-electron chi connectivity index (χ4n) is 3.25. The van der Waals surface area contributed by atoms with E-state index in [2.05, 4.69) is 27.7 Å². The number of rotatable bonds is 5. The number of amides is 1. The van der Waals surface area contributed by atoms with E-state index in [4.69, 9.17) is 0 Å². The Morgan fingerprint density at radius 3 is 2.64 bits per heavy atom. The van der Waals surface area contributed by atoms with Crippen LogP contribution in [-0.2, 0) is 11.3 Å². The van der Waals surface area contributed by atoms with Gasteiger partial charge >= 0.3 is 0 Å². The third kappa shape index (κ3) is 4.35. The van der Waals surface area contributed by atoms with Gasteiger partial charge in [0.05, 0.1) is 0 Å². The molecule has 1 saturated carbocycles. The molecule has 0 saturated heterocycles. The van der Waals surface area contributed by atoms with Gasteiger partial charge in [-0.2, -0.15) is 4.80 Å². The second-order valence-corrected chi connectivity index (χ2v) is 7.02. The molecule has 134 valence electrons. The summed E-state index contributed by atoms with van der Waals surface area (Å²) < 4.78 is 0. The number of hydrogen-bond donors (Lipinski definition) is 1. The Morgan fingerprint density at radius 1 is 1.24 bits per heavy atom. The minimum absolute atomic E-state index is 0.0503. The summed E-state index contributed by atoms with van der Waals surface area (Å²) in [5.74, 6) is 1.02. The summed E-state index contributed by atoms with van der Waals surface area (Å²) in [6, 6.07) is 8.20. The van der Waals surface area contributed by atoms with Crippen LogP contribution in [0.4, 0.5) is 5.69 Å². The van der Waals surface area contributed by atoms with Crippen LogP contribution in [0.25, 0.3) is 11.4 Å². The molecule has 2 aromatic rings. The number of carbonyl (C=O) groups excluding carboxylic acids is 1. The molecule has 1 aliphatic carbocycles. The van der Waals surface area contributed by atoms with E-state index in [1.807, 2.05) is 43.3 Å². The van der Waals surface area contributed by atoms with Gasteiger partial charge in [-0.1, -0.05) is 19.8 Å². The largest absolute Gasteiger partial charge is 0.378 e. The molecule has 1 aliphatic rings. The highest BCUT2D eigenvalue weighted by Crippen LogP contribution is 2.23. The minimum Gasteiger partial charge on any atom is -0.378 e. The fourth-order valence-corrected chi connectivity index (χ4v) is 3.25. The molecule has 0 bridgehead atoms. The van der Waals surface area contributed by atoms with Crippen molar-refractivity contribution in [3.05, 3.63) is 24.3 Å². The molecule has 1 N–H and O–H groups in total. The van der Waals surface area contributed by atoms with Gasteiger partial charge in [-0.15, -0.1) is 10.2 Å². The summed E-state index contributed by atoms with van der Waals surface area (Å²) in [6.45, 7) is 2.30. The van der Waals surface area contributed by atoms with Gasteiger partial charge in [-0.3, -0.25) is 4.79 Å². The van der Waals surface area contributed by atoms with Gasteiger partial charge in [0.15, 0.2) is 0 Å². The zero-order valence-corrected chi connectivity index (χ0v) is 15.1. The first kappa shape index (κ1) is 17.4. The predicted octanol–water partition coefficient (Wildman–Crippen LogP) is 2.10. The van der Waals surface area contributed by atoms with E-state index in [1.54, 1.807) is 0 Å². The first-order valence-electron chi connectivity index (χ1n) is 8.88.